The molecule has 2 aromatic rings. The van der Waals surface area contributed by atoms with Gasteiger partial charge in [0, 0.05) is 17.1 Å². The Morgan fingerprint density at radius 1 is 0.971 bits per heavy atom. The fourth-order valence-electron chi connectivity index (χ4n) is 4.62. The molecule has 2 amide bonds. The number of aromatic nitrogens is 1. The zero-order valence-electron chi connectivity index (χ0n) is 18.4. The van der Waals surface area contributed by atoms with Crippen LogP contribution in [0.4, 0.5) is 17.6 Å². The molecule has 1 aromatic carbocycles. The maximum Gasteiger partial charge on any atom is 0.573 e. The molecular weight excluding hydrogens is 494 g/mol. The molecule has 188 valence electrons. The minimum absolute atomic E-state index is 0.0135. The number of hydrogen-bond donors (Lipinski definition) is 2. The van der Waals surface area contributed by atoms with Crippen molar-refractivity contribution in [2.24, 2.45) is 0 Å². The predicted molar refractivity (Wildman–Crippen MR) is 117 cm³/mol. The van der Waals surface area contributed by atoms with Crippen LogP contribution in [0, 0.1) is 5.82 Å². The highest BCUT2D eigenvalue weighted by molar-refractivity contribution is 6.30. The number of alkyl halides is 3. The number of carbonyl (C=O) groups excluding carboxylic acids is 2. The molecule has 1 aromatic heterocycles. The summed E-state index contributed by atoms with van der Waals surface area (Å²) in [5.41, 5.74) is -0.892. The third-order valence-electron chi connectivity index (χ3n) is 6.49. The normalized spacial score (nSPS) is 23.5. The van der Waals surface area contributed by atoms with E-state index in [0.717, 1.165) is 18.3 Å². The number of rotatable bonds is 7. The number of carbonyl (C=O) groups is 2. The van der Waals surface area contributed by atoms with E-state index in [4.69, 9.17) is 16.3 Å². The summed E-state index contributed by atoms with van der Waals surface area (Å²) in [5, 5.41) is 5.97. The molecule has 12 heteroatoms. The number of nitrogens with one attached hydrogen (secondary N) is 2. The SMILES string of the molecule is O=C(COc1ccc(Cl)c(F)c1)NC12CCC(NC(=O)c3ccc(OC(F)(F)F)cn3)(CC1)CC2. The predicted octanol–water partition coefficient (Wildman–Crippen LogP) is 4.54. The Hall–Kier alpha value is -3.08. The van der Waals surface area contributed by atoms with E-state index >= 15 is 0 Å². The average Bonchev–Trinajstić information content (AvgIpc) is 2.80. The lowest BCUT2D eigenvalue weighted by molar-refractivity contribution is -0.274. The number of halogens is 5. The Bertz CT molecular complexity index is 1090. The van der Waals surface area contributed by atoms with Crippen LogP contribution in [-0.2, 0) is 4.79 Å². The van der Waals surface area contributed by atoms with E-state index in [2.05, 4.69) is 20.4 Å². The standard InChI is InChI=1S/C23H22ClF4N3O4/c24-16-3-1-14(11-17(16)25)34-13-19(32)30-21-5-8-22(9-6-21,10-7-21)31-20(33)18-4-2-15(12-29-18)35-23(26,27)28/h1-4,11-12H,5-10,13H2,(H,30,32)(H,31,33). The molecule has 2 N–H and O–H groups in total. The second-order valence-electron chi connectivity index (χ2n) is 8.85. The lowest BCUT2D eigenvalue weighted by Crippen LogP contribution is -2.64. The first-order valence-corrected chi connectivity index (χ1v) is 11.3. The molecule has 35 heavy (non-hydrogen) atoms. The summed E-state index contributed by atoms with van der Waals surface area (Å²) in [6.45, 7) is -0.273. The van der Waals surface area contributed by atoms with E-state index in [9.17, 15) is 27.2 Å². The van der Waals surface area contributed by atoms with Gasteiger partial charge in [-0.15, -0.1) is 13.2 Å². The summed E-state index contributed by atoms with van der Waals surface area (Å²) in [5.74, 6) is -1.76. The molecule has 3 aliphatic carbocycles. The first-order chi connectivity index (χ1) is 16.5. The minimum Gasteiger partial charge on any atom is -0.484 e. The number of pyridine rings is 1. The summed E-state index contributed by atoms with van der Waals surface area (Å²) in [6.07, 6.45) is -0.201. The van der Waals surface area contributed by atoms with Crippen molar-refractivity contribution in [1.82, 2.24) is 15.6 Å². The first-order valence-electron chi connectivity index (χ1n) is 10.9. The molecule has 3 fully saturated rings. The highest BCUT2D eigenvalue weighted by atomic mass is 35.5. The summed E-state index contributed by atoms with van der Waals surface area (Å²) in [6, 6.07) is 6.14. The molecule has 5 rings (SSSR count). The Kier molecular flexibility index (Phi) is 6.81. The van der Waals surface area contributed by atoms with Crippen molar-refractivity contribution in [2.75, 3.05) is 6.61 Å². The zero-order chi connectivity index (χ0) is 25.3. The fraction of sp³-hybridized carbons (Fsp3) is 0.435. The van der Waals surface area contributed by atoms with E-state index in [1.54, 1.807) is 0 Å². The molecule has 3 aliphatic rings. The van der Waals surface area contributed by atoms with Gasteiger partial charge in [0.25, 0.3) is 11.8 Å². The van der Waals surface area contributed by atoms with Crippen molar-refractivity contribution in [3.8, 4) is 11.5 Å². The minimum atomic E-state index is -4.84. The van der Waals surface area contributed by atoms with Crippen LogP contribution in [0.15, 0.2) is 36.5 Å². The topological polar surface area (TPSA) is 89.6 Å². The van der Waals surface area contributed by atoms with E-state index in [1.807, 2.05) is 0 Å². The third-order valence-corrected chi connectivity index (χ3v) is 6.80. The lowest BCUT2D eigenvalue weighted by atomic mass is 9.61. The molecule has 0 spiro atoms. The second kappa shape index (κ2) is 9.52. The lowest BCUT2D eigenvalue weighted by Gasteiger charge is -2.53. The van der Waals surface area contributed by atoms with Crippen molar-refractivity contribution in [2.45, 2.75) is 56.0 Å². The first kappa shape index (κ1) is 25.0. The highest BCUT2D eigenvalue weighted by Crippen LogP contribution is 2.47. The van der Waals surface area contributed by atoms with Gasteiger partial charge in [0.15, 0.2) is 6.61 Å². The van der Waals surface area contributed by atoms with Gasteiger partial charge in [-0.2, -0.15) is 0 Å². The number of hydrogen-bond acceptors (Lipinski definition) is 5. The van der Waals surface area contributed by atoms with Crippen LogP contribution in [-0.4, -0.2) is 40.8 Å². The zero-order valence-corrected chi connectivity index (χ0v) is 19.1. The number of fused-ring (bicyclic) bond motifs is 3. The summed E-state index contributed by atoms with van der Waals surface area (Å²) >= 11 is 5.64. The van der Waals surface area contributed by atoms with Gasteiger partial charge in [-0.1, -0.05) is 11.6 Å². The smallest absolute Gasteiger partial charge is 0.484 e. The monoisotopic (exact) mass is 515 g/mol. The maximum absolute atomic E-state index is 13.5. The summed E-state index contributed by atoms with van der Waals surface area (Å²) < 4.78 is 59.5. The van der Waals surface area contributed by atoms with E-state index < -0.39 is 34.9 Å². The van der Waals surface area contributed by atoms with Gasteiger partial charge in [-0.25, -0.2) is 9.37 Å². The van der Waals surface area contributed by atoms with Crippen molar-refractivity contribution in [3.63, 3.8) is 0 Å². The number of benzene rings is 1. The van der Waals surface area contributed by atoms with Crippen LogP contribution < -0.4 is 20.1 Å². The Morgan fingerprint density at radius 2 is 1.57 bits per heavy atom. The Labute approximate surface area is 203 Å². The summed E-state index contributed by atoms with van der Waals surface area (Å²) in [4.78, 5) is 28.9. The van der Waals surface area contributed by atoms with Gasteiger partial charge in [0.2, 0.25) is 0 Å². The average molecular weight is 516 g/mol. The Morgan fingerprint density at radius 3 is 2.11 bits per heavy atom. The largest absolute Gasteiger partial charge is 0.573 e. The van der Waals surface area contributed by atoms with Crippen molar-refractivity contribution in [1.29, 1.82) is 0 Å². The van der Waals surface area contributed by atoms with Crippen LogP contribution in [0.5, 0.6) is 11.5 Å². The van der Waals surface area contributed by atoms with Crippen LogP contribution in [0.3, 0.4) is 0 Å². The fourth-order valence-corrected chi connectivity index (χ4v) is 4.74. The van der Waals surface area contributed by atoms with Crippen LogP contribution in [0.1, 0.15) is 49.0 Å². The number of ether oxygens (including phenoxy) is 2. The molecule has 2 bridgehead atoms. The number of nitrogens with zero attached hydrogens (tertiary/aromatic N) is 1. The maximum atomic E-state index is 13.5. The van der Waals surface area contributed by atoms with E-state index in [1.165, 1.54) is 18.2 Å². The van der Waals surface area contributed by atoms with E-state index in [0.29, 0.717) is 38.5 Å². The van der Waals surface area contributed by atoms with E-state index in [-0.39, 0.29) is 29.0 Å². The summed E-state index contributed by atoms with van der Waals surface area (Å²) in [7, 11) is 0. The molecule has 1 heterocycles. The van der Waals surface area contributed by atoms with Gasteiger partial charge in [0.1, 0.15) is 23.0 Å². The molecular formula is C23H22ClF4N3O4. The van der Waals surface area contributed by atoms with Crippen molar-refractivity contribution < 1.29 is 36.6 Å². The molecule has 0 radical (unpaired) electrons. The Balaban J connectivity index is 1.28. The van der Waals surface area contributed by atoms with Gasteiger partial charge in [-0.05, 0) is 62.8 Å². The van der Waals surface area contributed by atoms with Gasteiger partial charge < -0.3 is 20.1 Å². The van der Waals surface area contributed by atoms with Crippen molar-refractivity contribution in [3.05, 3.63) is 53.1 Å². The van der Waals surface area contributed by atoms with Gasteiger partial charge >= 0.3 is 6.36 Å². The molecule has 0 saturated heterocycles. The molecule has 7 nitrogen and oxygen atoms in total. The molecule has 3 saturated carbocycles. The molecule has 0 unspecified atom stereocenters. The van der Waals surface area contributed by atoms with Crippen LogP contribution in [0.25, 0.3) is 0 Å². The highest BCUT2D eigenvalue weighted by Gasteiger charge is 2.50. The molecule has 0 atom stereocenters. The van der Waals surface area contributed by atoms with Gasteiger partial charge in [0.05, 0.1) is 11.2 Å². The number of amides is 2. The third kappa shape index (κ3) is 6.14. The molecule has 0 aliphatic heterocycles. The van der Waals surface area contributed by atoms with Crippen LogP contribution in [0.2, 0.25) is 5.02 Å². The van der Waals surface area contributed by atoms with Gasteiger partial charge in [-0.3, -0.25) is 9.59 Å². The van der Waals surface area contributed by atoms with Crippen molar-refractivity contribution >= 4 is 23.4 Å². The van der Waals surface area contributed by atoms with Crippen LogP contribution >= 0.6 is 11.6 Å². The quantitative estimate of drug-likeness (QED) is 0.528. The second-order valence-corrected chi connectivity index (χ2v) is 9.26.